The lowest BCUT2D eigenvalue weighted by Gasteiger charge is -2.12. The molecule has 0 radical (unpaired) electrons. The number of halogens is 1. The Labute approximate surface area is 732 Å². The molecule has 0 aliphatic heterocycles. The van der Waals surface area contributed by atoms with Crippen LogP contribution in [0.3, 0.4) is 0 Å². The van der Waals surface area contributed by atoms with Gasteiger partial charge in [-0.15, -0.1) is 0 Å². The zero-order chi connectivity index (χ0) is 85.7. The Morgan fingerprint density at radius 3 is 0.906 bits per heavy atom. The lowest BCUT2D eigenvalue weighted by molar-refractivity contribution is 0.628. The molecule has 10 aromatic carbocycles. The summed E-state index contributed by atoms with van der Waals surface area (Å²) in [7, 11) is 0. The van der Waals surface area contributed by atoms with Crippen molar-refractivity contribution in [3.63, 3.8) is 0 Å². The van der Waals surface area contributed by atoms with Crippen molar-refractivity contribution in [2.45, 2.75) is 0 Å². The smallest absolute Gasteiger partial charge is 0.138 e. The standard InChI is InChI=1S/2C22H16N4.2C21H15N5.C20H14FN3/c1-2-4-20-18(3-1)22(14-21(26-20)15-7-10-23-11-8-15)25-17-5-6-19-16(13-17)9-12-24-19;1-2-4-19-16(3-1)14-21(15-7-10-23-11-8-15)26-22(19)25-18-5-6-20-17(13-18)9-12-24-20;1-2-4-19-17(3-1)21(12-20(25-19)14-7-9-22-10-8-14)24-16-5-6-18-15(11-16)13-23-26-18;1-2-4-18-15(3-1)12-20(14-7-9-22-10-8-14)25-21(18)24-17-5-6-19-16(11-17)13-23-26-19;21-16-5-3-6-17(13-16)23-20-18-7-2-1-4-15(18)12-19(24-20)14-8-10-22-11-9-14/h2*1-14,24H,(H,25,26);2*1-13H,(H,23,26)(H,24,25);1-13H,(H,23,24). The third-order valence-corrected chi connectivity index (χ3v) is 21.7. The Bertz CT molecular complexity index is 7260. The molecule has 128 heavy (non-hydrogen) atoms. The van der Waals surface area contributed by atoms with E-state index in [1.165, 1.54) is 22.9 Å². The van der Waals surface area contributed by atoms with E-state index in [4.69, 9.17) is 24.9 Å². The van der Waals surface area contributed by atoms with Crippen molar-refractivity contribution in [2.75, 3.05) is 26.6 Å². The number of benzene rings is 10. The highest BCUT2D eigenvalue weighted by Gasteiger charge is 2.16. The summed E-state index contributed by atoms with van der Waals surface area (Å²) in [6.07, 6.45) is 25.3. The first-order chi connectivity index (χ1) is 63.3. The lowest BCUT2D eigenvalue weighted by Crippen LogP contribution is -1.97. The fraction of sp³-hybridized carbons (Fsp3) is 0. The number of aromatic nitrogens is 16. The average Bonchev–Trinajstić information content (AvgIpc) is 1.24. The van der Waals surface area contributed by atoms with Crippen LogP contribution in [0.1, 0.15) is 0 Å². The number of hydrogen-bond acceptors (Lipinski definition) is 17. The highest BCUT2D eigenvalue weighted by molar-refractivity contribution is 6.02. The summed E-state index contributed by atoms with van der Waals surface area (Å²) >= 11 is 0. The monoisotopic (exact) mass is 1660 g/mol. The quantitative estimate of drug-likeness (QED) is 0.0461. The lowest BCUT2D eigenvalue weighted by atomic mass is 10.1. The van der Waals surface area contributed by atoms with Gasteiger partial charge in [0, 0.05) is 190 Å². The average molecular weight is 1660 g/mol. The van der Waals surface area contributed by atoms with Gasteiger partial charge in [0.2, 0.25) is 0 Å². The molecule has 0 amide bonds. The molecule has 0 unspecified atom stereocenters. The van der Waals surface area contributed by atoms with Gasteiger partial charge >= 0.3 is 0 Å². The minimum atomic E-state index is -0.283. The largest absolute Gasteiger partial charge is 0.361 e. The molecule has 21 nitrogen and oxygen atoms in total. The molecule has 0 spiro atoms. The summed E-state index contributed by atoms with van der Waals surface area (Å²) in [5, 5.41) is 44.6. The molecule has 0 aliphatic carbocycles. The van der Waals surface area contributed by atoms with E-state index in [9.17, 15) is 4.39 Å². The van der Waals surface area contributed by atoms with Crippen LogP contribution in [0.4, 0.5) is 61.7 Å². The van der Waals surface area contributed by atoms with Crippen molar-refractivity contribution < 1.29 is 4.39 Å². The number of hydrogen-bond donors (Lipinski definition) is 9. The molecule has 9 N–H and O–H groups in total. The van der Waals surface area contributed by atoms with E-state index in [0.717, 1.165) is 189 Å². The van der Waals surface area contributed by atoms with E-state index in [2.05, 4.69) is 203 Å². The molecule has 24 aromatic rings. The Morgan fingerprint density at radius 2 is 0.539 bits per heavy atom. The second-order valence-electron chi connectivity index (χ2n) is 30.1. The molecule has 0 saturated carbocycles. The number of anilines is 10. The van der Waals surface area contributed by atoms with Crippen LogP contribution in [0.15, 0.2) is 408 Å². The van der Waals surface area contributed by atoms with Crippen LogP contribution >= 0.6 is 0 Å². The second kappa shape index (κ2) is 36.3. The number of para-hydroxylation sites is 2. The van der Waals surface area contributed by atoms with E-state index >= 15 is 0 Å². The third kappa shape index (κ3) is 17.9. The molecular formula is C106H76FN21. The Hall–Kier alpha value is -18.1. The summed E-state index contributed by atoms with van der Waals surface area (Å²) in [5.74, 6) is 2.10. The van der Waals surface area contributed by atoms with Gasteiger partial charge in [0.25, 0.3) is 0 Å². The maximum absolute atomic E-state index is 13.5. The van der Waals surface area contributed by atoms with Gasteiger partial charge in [-0.05, 0) is 222 Å². The van der Waals surface area contributed by atoms with E-state index < -0.39 is 0 Å². The molecule has 0 bridgehead atoms. The first kappa shape index (κ1) is 78.5. The van der Waals surface area contributed by atoms with Crippen molar-refractivity contribution in [1.82, 2.24) is 80.2 Å². The zero-order valence-electron chi connectivity index (χ0n) is 68.4. The van der Waals surface area contributed by atoms with Gasteiger partial charge in [0.15, 0.2) is 0 Å². The number of H-pyrrole nitrogens is 4. The first-order valence-corrected chi connectivity index (χ1v) is 41.4. The summed E-state index contributed by atoms with van der Waals surface area (Å²) < 4.78 is 13.5. The first-order valence-electron chi connectivity index (χ1n) is 41.4. The Kier molecular flexibility index (Phi) is 22.3. The maximum Gasteiger partial charge on any atom is 0.138 e. The third-order valence-electron chi connectivity index (χ3n) is 21.7. The van der Waals surface area contributed by atoms with Crippen LogP contribution in [0, 0.1) is 5.82 Å². The number of fused-ring (bicyclic) bond motifs is 9. The molecule has 22 heteroatoms. The Balaban J connectivity index is 0.000000101. The topological polar surface area (TPSA) is 278 Å². The molecule has 0 atom stereocenters. The normalized spacial score (nSPS) is 11.0. The fourth-order valence-corrected chi connectivity index (χ4v) is 15.4. The highest BCUT2D eigenvalue weighted by atomic mass is 19.1. The number of nitrogens with zero attached hydrogens (tertiary/aromatic N) is 12. The minimum Gasteiger partial charge on any atom is -0.361 e. The van der Waals surface area contributed by atoms with Crippen molar-refractivity contribution >= 4 is 155 Å². The number of rotatable bonds is 15. The maximum atomic E-state index is 13.5. The second-order valence-corrected chi connectivity index (χ2v) is 30.1. The van der Waals surface area contributed by atoms with Crippen LogP contribution in [-0.2, 0) is 0 Å². The van der Waals surface area contributed by atoms with Crippen molar-refractivity contribution in [3.05, 3.63) is 414 Å². The fourth-order valence-electron chi connectivity index (χ4n) is 15.4. The van der Waals surface area contributed by atoms with Gasteiger partial charge in [0.1, 0.15) is 23.3 Å². The van der Waals surface area contributed by atoms with Crippen molar-refractivity contribution in [1.29, 1.82) is 0 Å². The van der Waals surface area contributed by atoms with E-state index in [-0.39, 0.29) is 5.82 Å². The Morgan fingerprint density at radius 1 is 0.227 bits per heavy atom. The summed E-state index contributed by atoms with van der Waals surface area (Å²) in [6, 6.07) is 106. The molecule has 0 aliphatic rings. The van der Waals surface area contributed by atoms with Gasteiger partial charge in [-0.3, -0.25) is 35.1 Å². The molecule has 0 saturated heterocycles. The van der Waals surface area contributed by atoms with Gasteiger partial charge in [0.05, 0.1) is 74.3 Å². The van der Waals surface area contributed by atoms with Gasteiger partial charge < -0.3 is 36.6 Å². The number of aromatic amines is 4. The molecular weight excluding hydrogens is 1590 g/mol. The highest BCUT2D eigenvalue weighted by Crippen LogP contribution is 2.38. The molecule has 14 heterocycles. The predicted molar refractivity (Wildman–Crippen MR) is 516 cm³/mol. The molecule has 0 fully saturated rings. The molecule has 612 valence electrons. The predicted octanol–water partition coefficient (Wildman–Crippen LogP) is 26.1. The van der Waals surface area contributed by atoms with Crippen molar-refractivity contribution in [3.8, 4) is 56.3 Å². The summed E-state index contributed by atoms with van der Waals surface area (Å²) in [5.41, 5.74) is 22.7. The molecule has 24 rings (SSSR count). The van der Waals surface area contributed by atoms with Gasteiger partial charge in [-0.25, -0.2) is 29.3 Å². The van der Waals surface area contributed by atoms with E-state index in [1.54, 1.807) is 68.0 Å². The van der Waals surface area contributed by atoms with Crippen LogP contribution in [0.25, 0.3) is 154 Å². The van der Waals surface area contributed by atoms with Crippen LogP contribution in [0.2, 0.25) is 0 Å². The number of pyridine rings is 10. The van der Waals surface area contributed by atoms with Crippen LogP contribution in [-0.4, -0.2) is 80.2 Å². The summed E-state index contributed by atoms with van der Waals surface area (Å²) in [6.45, 7) is 0. The van der Waals surface area contributed by atoms with Gasteiger partial charge in [-0.1, -0.05) is 115 Å². The molecule has 14 aromatic heterocycles. The number of nitrogens with one attached hydrogen (secondary N) is 9. The van der Waals surface area contributed by atoms with Crippen LogP contribution < -0.4 is 26.6 Å². The SMILES string of the molecule is Fc1cccc(Nc2nc(-c3ccncc3)cc3ccccc23)c1.c1ccc2c(Nc3ccc4[nH]ccc4c3)cc(-c3ccncc3)nc2c1.c1ccc2c(Nc3ccc4[nH]ccc4c3)nc(-c3ccncc3)cc2c1.c1ccc2c(Nc3ccc4[nH]ncc4c3)cc(-c3ccncc3)nc2c1.c1ccc2c(Nc3ccc4[nH]ncc4c3)nc(-c3ccncc3)cc2c1. The summed E-state index contributed by atoms with van der Waals surface area (Å²) in [4.78, 5) is 51.0. The van der Waals surface area contributed by atoms with E-state index in [0.29, 0.717) is 11.5 Å². The zero-order valence-corrected chi connectivity index (χ0v) is 68.4. The van der Waals surface area contributed by atoms with Crippen LogP contribution in [0.5, 0.6) is 0 Å². The van der Waals surface area contributed by atoms with Crippen molar-refractivity contribution in [2.24, 2.45) is 0 Å². The van der Waals surface area contributed by atoms with Gasteiger partial charge in [-0.2, -0.15) is 10.2 Å². The minimum absolute atomic E-state index is 0.283. The van der Waals surface area contributed by atoms with E-state index in [1.807, 2.05) is 207 Å².